The standard InChI is InChI=1S/C24H25FN6/c1-17-11-19(27-16-21(17)25)14-22-28-20(15-24(29-22)30-7-3-2-4-8-30)12-18-5-9-31-10-6-26-23(31)13-18/h5-6,9-11,13,15-16H,2-4,7-8,12,14H2,1H3. The Kier molecular flexibility index (Phi) is 5.32. The third-order valence-electron chi connectivity index (χ3n) is 5.78. The Morgan fingerprint density at radius 2 is 1.81 bits per heavy atom. The van der Waals surface area contributed by atoms with E-state index in [1.807, 2.05) is 16.8 Å². The molecule has 31 heavy (non-hydrogen) atoms. The monoisotopic (exact) mass is 416 g/mol. The van der Waals surface area contributed by atoms with Crippen molar-refractivity contribution >= 4 is 11.5 Å². The second-order valence-corrected chi connectivity index (χ2v) is 8.19. The number of halogens is 1. The summed E-state index contributed by atoms with van der Waals surface area (Å²) in [5, 5.41) is 0. The number of rotatable bonds is 5. The number of pyridine rings is 2. The Hall–Kier alpha value is -3.35. The van der Waals surface area contributed by atoms with Crippen LogP contribution in [-0.2, 0) is 12.8 Å². The molecule has 0 unspecified atom stereocenters. The molecule has 6 nitrogen and oxygen atoms in total. The normalized spacial score (nSPS) is 14.3. The molecular weight excluding hydrogens is 391 g/mol. The lowest BCUT2D eigenvalue weighted by Crippen LogP contribution is -2.30. The first-order valence-electron chi connectivity index (χ1n) is 10.8. The van der Waals surface area contributed by atoms with Crippen molar-refractivity contribution in [2.75, 3.05) is 18.0 Å². The highest BCUT2D eigenvalue weighted by atomic mass is 19.1. The SMILES string of the molecule is Cc1cc(Cc2nc(Cc3ccn4ccnc4c3)cc(N3CCCCC3)n2)ncc1F. The minimum atomic E-state index is -0.290. The quantitative estimate of drug-likeness (QED) is 0.489. The summed E-state index contributed by atoms with van der Waals surface area (Å²) in [5.41, 5.74) is 4.42. The molecule has 0 N–H and O–H groups in total. The Morgan fingerprint density at radius 3 is 2.65 bits per heavy atom. The lowest BCUT2D eigenvalue weighted by atomic mass is 10.1. The molecule has 1 aliphatic rings. The van der Waals surface area contributed by atoms with E-state index in [9.17, 15) is 4.39 Å². The van der Waals surface area contributed by atoms with Crippen molar-refractivity contribution in [3.63, 3.8) is 0 Å². The van der Waals surface area contributed by atoms with Crippen LogP contribution in [0, 0.1) is 12.7 Å². The first-order chi connectivity index (χ1) is 15.1. The number of imidazole rings is 1. The van der Waals surface area contributed by atoms with E-state index >= 15 is 0 Å². The van der Waals surface area contributed by atoms with Gasteiger partial charge in [0.15, 0.2) is 0 Å². The molecule has 5 heterocycles. The molecule has 0 spiro atoms. The molecule has 0 atom stereocenters. The number of nitrogens with zero attached hydrogens (tertiary/aromatic N) is 6. The van der Waals surface area contributed by atoms with Crippen LogP contribution in [0.15, 0.2) is 49.1 Å². The zero-order valence-corrected chi connectivity index (χ0v) is 17.6. The molecular formula is C24H25FN6. The fraction of sp³-hybridized carbons (Fsp3) is 0.333. The zero-order valence-electron chi connectivity index (χ0n) is 17.6. The summed E-state index contributed by atoms with van der Waals surface area (Å²) in [7, 11) is 0. The largest absolute Gasteiger partial charge is 0.357 e. The zero-order chi connectivity index (χ0) is 21.2. The molecule has 1 aliphatic heterocycles. The third kappa shape index (κ3) is 4.40. The number of hydrogen-bond acceptors (Lipinski definition) is 5. The van der Waals surface area contributed by atoms with Crippen molar-refractivity contribution in [1.29, 1.82) is 0 Å². The van der Waals surface area contributed by atoms with Gasteiger partial charge < -0.3 is 9.30 Å². The van der Waals surface area contributed by atoms with Crippen LogP contribution < -0.4 is 4.90 Å². The van der Waals surface area contributed by atoms with Crippen molar-refractivity contribution in [3.8, 4) is 0 Å². The molecule has 7 heteroatoms. The van der Waals surface area contributed by atoms with Gasteiger partial charge >= 0.3 is 0 Å². The molecule has 0 amide bonds. The lowest BCUT2D eigenvalue weighted by molar-refractivity contribution is 0.571. The smallest absolute Gasteiger partial charge is 0.144 e. The Morgan fingerprint density at radius 1 is 0.935 bits per heavy atom. The number of aromatic nitrogens is 5. The average Bonchev–Trinajstić information content (AvgIpc) is 3.25. The Balaban J connectivity index is 1.47. The van der Waals surface area contributed by atoms with Gasteiger partial charge in [-0.1, -0.05) is 0 Å². The topological polar surface area (TPSA) is 59.2 Å². The number of anilines is 1. The highest BCUT2D eigenvalue weighted by molar-refractivity contribution is 5.45. The van der Waals surface area contributed by atoms with Crippen LogP contribution >= 0.6 is 0 Å². The van der Waals surface area contributed by atoms with Crippen molar-refractivity contribution in [2.24, 2.45) is 0 Å². The fourth-order valence-corrected chi connectivity index (χ4v) is 4.12. The van der Waals surface area contributed by atoms with Crippen molar-refractivity contribution in [2.45, 2.75) is 39.0 Å². The fourth-order valence-electron chi connectivity index (χ4n) is 4.12. The Bertz CT molecular complexity index is 1210. The second kappa shape index (κ2) is 8.41. The van der Waals surface area contributed by atoms with Crippen LogP contribution in [0.5, 0.6) is 0 Å². The summed E-state index contributed by atoms with van der Waals surface area (Å²) in [4.78, 5) is 20.7. The maximum absolute atomic E-state index is 13.6. The molecule has 158 valence electrons. The summed E-state index contributed by atoms with van der Waals surface area (Å²) in [5.74, 6) is 1.40. The van der Waals surface area contributed by atoms with Gasteiger partial charge in [0.25, 0.3) is 0 Å². The highest BCUT2D eigenvalue weighted by Crippen LogP contribution is 2.21. The van der Waals surface area contributed by atoms with E-state index in [2.05, 4.69) is 33.1 Å². The summed E-state index contributed by atoms with van der Waals surface area (Å²) >= 11 is 0. The molecule has 0 bridgehead atoms. The molecule has 4 aromatic rings. The molecule has 5 rings (SSSR count). The van der Waals surface area contributed by atoms with Gasteiger partial charge in [0.05, 0.1) is 18.3 Å². The van der Waals surface area contributed by atoms with Crippen LogP contribution in [0.3, 0.4) is 0 Å². The first kappa shape index (κ1) is 19.6. The van der Waals surface area contributed by atoms with E-state index in [-0.39, 0.29) is 5.82 Å². The van der Waals surface area contributed by atoms with Crippen molar-refractivity contribution < 1.29 is 4.39 Å². The first-order valence-corrected chi connectivity index (χ1v) is 10.8. The van der Waals surface area contributed by atoms with E-state index in [1.54, 1.807) is 19.2 Å². The molecule has 0 aliphatic carbocycles. The van der Waals surface area contributed by atoms with Gasteiger partial charge in [-0.15, -0.1) is 0 Å². The van der Waals surface area contributed by atoms with Gasteiger partial charge in [-0.2, -0.15) is 0 Å². The molecule has 0 radical (unpaired) electrons. The lowest BCUT2D eigenvalue weighted by Gasteiger charge is -2.28. The van der Waals surface area contributed by atoms with Crippen LogP contribution in [0.4, 0.5) is 10.2 Å². The minimum Gasteiger partial charge on any atom is -0.357 e. The minimum absolute atomic E-state index is 0.290. The third-order valence-corrected chi connectivity index (χ3v) is 5.78. The molecule has 1 fully saturated rings. The predicted molar refractivity (Wildman–Crippen MR) is 118 cm³/mol. The summed E-state index contributed by atoms with van der Waals surface area (Å²) < 4.78 is 15.6. The van der Waals surface area contributed by atoms with Crippen LogP contribution in [0.25, 0.3) is 5.65 Å². The van der Waals surface area contributed by atoms with Crippen molar-refractivity contribution in [3.05, 3.63) is 83.2 Å². The van der Waals surface area contributed by atoms with Gasteiger partial charge in [-0.25, -0.2) is 19.3 Å². The highest BCUT2D eigenvalue weighted by Gasteiger charge is 2.16. The van der Waals surface area contributed by atoms with Gasteiger partial charge in [0.1, 0.15) is 23.1 Å². The van der Waals surface area contributed by atoms with Gasteiger partial charge in [-0.05, 0) is 55.5 Å². The van der Waals surface area contributed by atoms with Gasteiger partial charge in [-0.3, -0.25) is 4.98 Å². The molecule has 4 aromatic heterocycles. The van der Waals surface area contributed by atoms with Gasteiger partial charge in [0, 0.05) is 49.9 Å². The van der Waals surface area contributed by atoms with E-state index in [0.29, 0.717) is 18.4 Å². The van der Waals surface area contributed by atoms with Crippen molar-refractivity contribution in [1.82, 2.24) is 24.3 Å². The predicted octanol–water partition coefficient (Wildman–Crippen LogP) is 4.14. The maximum atomic E-state index is 13.6. The van der Waals surface area contributed by atoms with Gasteiger partial charge in [0.2, 0.25) is 0 Å². The number of fused-ring (bicyclic) bond motifs is 1. The maximum Gasteiger partial charge on any atom is 0.144 e. The number of piperidine rings is 1. The van der Waals surface area contributed by atoms with E-state index in [1.165, 1.54) is 25.5 Å². The van der Waals surface area contributed by atoms with E-state index in [0.717, 1.165) is 47.3 Å². The molecule has 0 saturated carbocycles. The van der Waals surface area contributed by atoms with Crippen LogP contribution in [-0.4, -0.2) is 37.4 Å². The molecule has 0 aromatic carbocycles. The average molecular weight is 417 g/mol. The molecule has 1 saturated heterocycles. The second-order valence-electron chi connectivity index (χ2n) is 8.19. The summed E-state index contributed by atoms with van der Waals surface area (Å²) in [6, 6.07) is 8.07. The van der Waals surface area contributed by atoms with Crippen LogP contribution in [0.1, 0.15) is 47.6 Å². The summed E-state index contributed by atoms with van der Waals surface area (Å²) in [6.07, 6.45) is 11.9. The van der Waals surface area contributed by atoms with E-state index in [4.69, 9.17) is 9.97 Å². The number of aryl methyl sites for hydroxylation is 1. The van der Waals surface area contributed by atoms with Crippen LogP contribution in [0.2, 0.25) is 0 Å². The number of hydrogen-bond donors (Lipinski definition) is 0. The summed E-state index contributed by atoms with van der Waals surface area (Å²) in [6.45, 7) is 3.79. The Labute approximate surface area is 180 Å². The van der Waals surface area contributed by atoms with E-state index < -0.39 is 0 Å².